The van der Waals surface area contributed by atoms with E-state index in [9.17, 15) is 4.79 Å². The maximum Gasteiger partial charge on any atom is 0.255 e. The largest absolute Gasteiger partial charge is 0.378 e. The standard InChI is InChI=1S/C24H24Cl2N4O2/c25-18-5-8-22(21(26)13-18)30-23(17-3-4-17)20(15-28-30)24(31)27-14-16-1-6-19(7-2-16)29-9-11-32-12-10-29/h1-2,5-8,13,15,17H,3-4,9-12,14H2,(H,27,31). The van der Waals surface area contributed by atoms with E-state index in [-0.39, 0.29) is 5.91 Å². The van der Waals surface area contributed by atoms with Gasteiger partial charge in [-0.1, -0.05) is 35.3 Å². The van der Waals surface area contributed by atoms with Crippen LogP contribution in [0.3, 0.4) is 0 Å². The monoisotopic (exact) mass is 470 g/mol. The van der Waals surface area contributed by atoms with Crippen molar-refractivity contribution in [3.05, 3.63) is 75.5 Å². The molecule has 2 aromatic carbocycles. The van der Waals surface area contributed by atoms with Gasteiger partial charge in [-0.15, -0.1) is 0 Å². The number of hydrogen-bond acceptors (Lipinski definition) is 4. The second-order valence-corrected chi connectivity index (χ2v) is 9.02. The Morgan fingerprint density at radius 1 is 1.09 bits per heavy atom. The summed E-state index contributed by atoms with van der Waals surface area (Å²) < 4.78 is 7.20. The number of amides is 1. The zero-order chi connectivity index (χ0) is 22.1. The zero-order valence-electron chi connectivity index (χ0n) is 17.6. The minimum absolute atomic E-state index is 0.125. The summed E-state index contributed by atoms with van der Waals surface area (Å²) in [6.07, 6.45) is 3.72. The highest BCUT2D eigenvalue weighted by Gasteiger charge is 2.33. The van der Waals surface area contributed by atoms with Crippen LogP contribution in [0.4, 0.5) is 5.69 Å². The summed E-state index contributed by atoms with van der Waals surface area (Å²) in [5.41, 5.74) is 4.48. The van der Waals surface area contributed by atoms with Crippen molar-refractivity contribution in [3.8, 4) is 5.69 Å². The van der Waals surface area contributed by atoms with Crippen LogP contribution < -0.4 is 10.2 Å². The molecule has 0 atom stereocenters. The minimum atomic E-state index is -0.125. The molecule has 0 unspecified atom stereocenters. The van der Waals surface area contributed by atoms with Crippen molar-refractivity contribution >= 4 is 34.8 Å². The van der Waals surface area contributed by atoms with Gasteiger partial charge in [0.1, 0.15) is 0 Å². The Hall–Kier alpha value is -2.54. The first kappa shape index (κ1) is 21.3. The lowest BCUT2D eigenvalue weighted by Gasteiger charge is -2.28. The molecule has 166 valence electrons. The molecular weight excluding hydrogens is 447 g/mol. The second-order valence-electron chi connectivity index (χ2n) is 8.17. The number of ether oxygens (including phenoxy) is 1. The molecule has 32 heavy (non-hydrogen) atoms. The normalized spacial score (nSPS) is 16.2. The van der Waals surface area contributed by atoms with Crippen molar-refractivity contribution in [2.75, 3.05) is 31.2 Å². The molecule has 0 radical (unpaired) electrons. The van der Waals surface area contributed by atoms with Crippen molar-refractivity contribution in [1.29, 1.82) is 0 Å². The van der Waals surface area contributed by atoms with Crippen molar-refractivity contribution in [2.24, 2.45) is 0 Å². The van der Waals surface area contributed by atoms with Crippen molar-refractivity contribution < 1.29 is 9.53 Å². The van der Waals surface area contributed by atoms with Gasteiger partial charge in [-0.2, -0.15) is 5.10 Å². The second kappa shape index (κ2) is 9.14. The Labute approximate surface area is 197 Å². The maximum atomic E-state index is 13.0. The molecule has 0 spiro atoms. The van der Waals surface area contributed by atoms with Crippen molar-refractivity contribution in [1.82, 2.24) is 15.1 Å². The van der Waals surface area contributed by atoms with Crippen LogP contribution in [0.25, 0.3) is 5.69 Å². The van der Waals surface area contributed by atoms with E-state index in [1.54, 1.807) is 23.0 Å². The third-order valence-electron chi connectivity index (χ3n) is 5.92. The number of carbonyl (C=O) groups is 1. The van der Waals surface area contributed by atoms with Gasteiger partial charge in [-0.3, -0.25) is 4.79 Å². The van der Waals surface area contributed by atoms with Crippen molar-refractivity contribution in [2.45, 2.75) is 25.3 Å². The molecule has 1 aliphatic heterocycles. The molecule has 1 aliphatic carbocycles. The average Bonchev–Trinajstić information content (AvgIpc) is 3.56. The minimum Gasteiger partial charge on any atom is -0.378 e. The summed E-state index contributed by atoms with van der Waals surface area (Å²) in [7, 11) is 0. The summed E-state index contributed by atoms with van der Waals surface area (Å²) in [6, 6.07) is 13.6. The first-order valence-corrected chi connectivity index (χ1v) is 11.6. The van der Waals surface area contributed by atoms with Crippen LogP contribution in [0.1, 0.15) is 40.4 Å². The summed E-state index contributed by atoms with van der Waals surface area (Å²) >= 11 is 12.4. The van der Waals surface area contributed by atoms with Crippen LogP contribution in [0, 0.1) is 0 Å². The molecule has 8 heteroatoms. The van der Waals surface area contributed by atoms with Crippen LogP contribution in [-0.2, 0) is 11.3 Å². The van der Waals surface area contributed by atoms with E-state index >= 15 is 0 Å². The zero-order valence-corrected chi connectivity index (χ0v) is 19.1. The maximum absolute atomic E-state index is 13.0. The highest BCUT2D eigenvalue weighted by atomic mass is 35.5. The predicted octanol–water partition coefficient (Wildman–Crippen LogP) is 4.82. The van der Waals surface area contributed by atoms with E-state index < -0.39 is 0 Å². The predicted molar refractivity (Wildman–Crippen MR) is 126 cm³/mol. The molecule has 2 fully saturated rings. The van der Waals surface area contributed by atoms with Crippen LogP contribution in [0.5, 0.6) is 0 Å². The molecule has 5 rings (SSSR count). The highest BCUT2D eigenvalue weighted by Crippen LogP contribution is 2.43. The van der Waals surface area contributed by atoms with Gasteiger partial charge in [-0.05, 0) is 48.7 Å². The molecule has 1 aromatic heterocycles. The molecule has 1 N–H and O–H groups in total. The van der Waals surface area contributed by atoms with Gasteiger partial charge in [0.15, 0.2) is 0 Å². The van der Waals surface area contributed by atoms with E-state index in [2.05, 4.69) is 39.6 Å². The number of anilines is 1. The molecular formula is C24H24Cl2N4O2. The number of nitrogens with zero attached hydrogens (tertiary/aromatic N) is 3. The van der Waals surface area contributed by atoms with Crippen LogP contribution in [0.2, 0.25) is 10.0 Å². The first-order valence-electron chi connectivity index (χ1n) is 10.8. The average molecular weight is 471 g/mol. The Morgan fingerprint density at radius 3 is 2.53 bits per heavy atom. The van der Waals surface area contributed by atoms with Gasteiger partial charge >= 0.3 is 0 Å². The molecule has 1 saturated heterocycles. The van der Waals surface area contributed by atoms with Crippen LogP contribution >= 0.6 is 23.2 Å². The van der Waals surface area contributed by atoms with Gasteiger partial charge < -0.3 is 15.0 Å². The Morgan fingerprint density at radius 2 is 1.84 bits per heavy atom. The van der Waals surface area contributed by atoms with Gasteiger partial charge in [-0.25, -0.2) is 4.68 Å². The first-order chi connectivity index (χ1) is 15.6. The molecule has 3 aromatic rings. The lowest BCUT2D eigenvalue weighted by atomic mass is 10.1. The SMILES string of the molecule is O=C(NCc1ccc(N2CCOCC2)cc1)c1cnn(-c2ccc(Cl)cc2Cl)c1C1CC1. The number of carbonyl (C=O) groups excluding carboxylic acids is 1. The van der Waals surface area contributed by atoms with E-state index in [0.717, 1.165) is 56.1 Å². The van der Waals surface area contributed by atoms with Gasteiger partial charge in [0.2, 0.25) is 0 Å². The fraction of sp³-hybridized carbons (Fsp3) is 0.333. The molecule has 1 amide bonds. The molecule has 2 heterocycles. The quantitative estimate of drug-likeness (QED) is 0.560. The van der Waals surface area contributed by atoms with Gasteiger partial charge in [0, 0.05) is 36.3 Å². The van der Waals surface area contributed by atoms with Crippen molar-refractivity contribution in [3.63, 3.8) is 0 Å². The smallest absolute Gasteiger partial charge is 0.255 e. The fourth-order valence-electron chi connectivity index (χ4n) is 4.05. The van der Waals surface area contributed by atoms with Crippen LogP contribution in [0.15, 0.2) is 48.7 Å². The number of morpholine rings is 1. The summed E-state index contributed by atoms with van der Waals surface area (Å²) in [6.45, 7) is 3.79. The molecule has 2 aliphatic rings. The summed E-state index contributed by atoms with van der Waals surface area (Å²) in [5, 5.41) is 8.61. The van der Waals surface area contributed by atoms with E-state index in [0.29, 0.717) is 28.1 Å². The van der Waals surface area contributed by atoms with Gasteiger partial charge in [0.25, 0.3) is 5.91 Å². The Kier molecular flexibility index (Phi) is 6.09. The summed E-state index contributed by atoms with van der Waals surface area (Å²) in [5.74, 6) is 0.193. The molecule has 1 saturated carbocycles. The molecule has 6 nitrogen and oxygen atoms in total. The number of hydrogen-bond donors (Lipinski definition) is 1. The van der Waals surface area contributed by atoms with Gasteiger partial charge in [0.05, 0.1) is 41.4 Å². The number of aromatic nitrogens is 2. The Balaban J connectivity index is 1.30. The third-order valence-corrected chi connectivity index (χ3v) is 6.46. The number of rotatable bonds is 6. The lowest BCUT2D eigenvalue weighted by molar-refractivity contribution is 0.0950. The third kappa shape index (κ3) is 4.49. The fourth-order valence-corrected chi connectivity index (χ4v) is 4.54. The lowest BCUT2D eigenvalue weighted by Crippen LogP contribution is -2.36. The Bertz CT molecular complexity index is 1120. The van der Waals surface area contributed by atoms with E-state index in [1.807, 2.05) is 6.07 Å². The number of halogens is 2. The highest BCUT2D eigenvalue weighted by molar-refractivity contribution is 6.35. The number of benzene rings is 2. The number of nitrogens with one attached hydrogen (secondary N) is 1. The van der Waals surface area contributed by atoms with E-state index in [4.69, 9.17) is 27.9 Å². The van der Waals surface area contributed by atoms with E-state index in [1.165, 1.54) is 5.69 Å². The topological polar surface area (TPSA) is 59.4 Å². The van der Waals surface area contributed by atoms with Crippen LogP contribution in [-0.4, -0.2) is 42.0 Å². The molecule has 0 bridgehead atoms. The summed E-state index contributed by atoms with van der Waals surface area (Å²) in [4.78, 5) is 15.3.